The van der Waals surface area contributed by atoms with Crippen LogP contribution in [-0.4, -0.2) is 22.1 Å². The summed E-state index contributed by atoms with van der Waals surface area (Å²) in [7, 11) is 0. The van der Waals surface area contributed by atoms with Crippen molar-refractivity contribution in [3.63, 3.8) is 0 Å². The standard InChI is InChI=1S/C18H16N6O/c19-8-13(9-20)11-1-3-12(4-2-11)17-7-14(18(25)24-21)15-10-22-6-5-16(15)23-17/h1-10,19H,20-21H2,(H,24,25)/b13-9+,19-8?. The second kappa shape index (κ2) is 6.90. The van der Waals surface area contributed by atoms with Crippen molar-refractivity contribution in [1.82, 2.24) is 15.4 Å². The first kappa shape index (κ1) is 16.3. The Hall–Kier alpha value is -3.58. The molecule has 25 heavy (non-hydrogen) atoms. The second-order valence-corrected chi connectivity index (χ2v) is 5.27. The molecule has 6 N–H and O–H groups in total. The minimum Gasteiger partial charge on any atom is -0.404 e. The SMILES string of the molecule is N=C/C(=C\N)c1ccc(-c2cc(C(=O)NN)c3cnccc3n2)cc1. The molecular weight excluding hydrogens is 316 g/mol. The predicted molar refractivity (Wildman–Crippen MR) is 97.6 cm³/mol. The van der Waals surface area contributed by atoms with Crippen LogP contribution in [0, 0.1) is 5.41 Å². The van der Waals surface area contributed by atoms with E-state index < -0.39 is 5.91 Å². The molecule has 7 nitrogen and oxygen atoms in total. The number of nitrogens with two attached hydrogens (primary N) is 2. The third-order valence-corrected chi connectivity index (χ3v) is 3.83. The smallest absolute Gasteiger partial charge is 0.265 e. The molecule has 0 atom stereocenters. The highest BCUT2D eigenvalue weighted by Crippen LogP contribution is 2.25. The molecule has 2 heterocycles. The number of benzene rings is 1. The molecule has 124 valence electrons. The summed E-state index contributed by atoms with van der Waals surface area (Å²) in [6.45, 7) is 0. The zero-order valence-corrected chi connectivity index (χ0v) is 13.2. The van der Waals surface area contributed by atoms with Gasteiger partial charge in [0.05, 0.1) is 16.8 Å². The van der Waals surface area contributed by atoms with Crippen LogP contribution in [0.15, 0.2) is 55.0 Å². The maximum atomic E-state index is 12.1. The van der Waals surface area contributed by atoms with E-state index in [4.69, 9.17) is 17.0 Å². The number of hydrogen-bond acceptors (Lipinski definition) is 6. The monoisotopic (exact) mass is 332 g/mol. The van der Waals surface area contributed by atoms with E-state index in [0.29, 0.717) is 27.7 Å². The Labute approximate surface area is 143 Å². The molecule has 3 aromatic rings. The molecule has 0 aliphatic heterocycles. The second-order valence-electron chi connectivity index (χ2n) is 5.27. The van der Waals surface area contributed by atoms with Gasteiger partial charge in [-0.2, -0.15) is 0 Å². The van der Waals surface area contributed by atoms with Crippen LogP contribution in [0.25, 0.3) is 27.7 Å². The summed E-state index contributed by atoms with van der Waals surface area (Å²) in [5.74, 6) is 4.88. The normalized spacial score (nSPS) is 11.3. The van der Waals surface area contributed by atoms with Crippen molar-refractivity contribution in [2.75, 3.05) is 0 Å². The van der Waals surface area contributed by atoms with Crippen molar-refractivity contribution in [2.24, 2.45) is 11.6 Å². The highest BCUT2D eigenvalue weighted by atomic mass is 16.2. The van der Waals surface area contributed by atoms with Gasteiger partial charge in [-0.25, -0.2) is 10.8 Å². The fourth-order valence-electron chi connectivity index (χ4n) is 2.54. The average Bonchev–Trinajstić information content (AvgIpc) is 2.68. The first-order chi connectivity index (χ1) is 12.2. The van der Waals surface area contributed by atoms with Crippen molar-refractivity contribution in [2.45, 2.75) is 0 Å². The lowest BCUT2D eigenvalue weighted by molar-refractivity contribution is 0.0955. The van der Waals surface area contributed by atoms with Gasteiger partial charge in [0.15, 0.2) is 0 Å². The van der Waals surface area contributed by atoms with E-state index in [1.165, 1.54) is 12.4 Å². The number of nitrogens with one attached hydrogen (secondary N) is 2. The van der Waals surface area contributed by atoms with Gasteiger partial charge in [-0.05, 0) is 17.7 Å². The van der Waals surface area contributed by atoms with Crippen LogP contribution >= 0.6 is 0 Å². The number of nitrogens with zero attached hydrogens (tertiary/aromatic N) is 2. The number of carbonyl (C=O) groups excluding carboxylic acids is 1. The third-order valence-electron chi connectivity index (χ3n) is 3.83. The van der Waals surface area contributed by atoms with Gasteiger partial charge in [0.2, 0.25) is 0 Å². The number of fused-ring (bicyclic) bond motifs is 1. The summed E-state index contributed by atoms with van der Waals surface area (Å²) in [5, 5.41) is 7.98. The minimum absolute atomic E-state index is 0.404. The zero-order chi connectivity index (χ0) is 17.8. The van der Waals surface area contributed by atoms with Crippen LogP contribution in [0.2, 0.25) is 0 Å². The van der Waals surface area contributed by atoms with Crippen molar-refractivity contribution in [3.05, 3.63) is 66.1 Å². The first-order valence-corrected chi connectivity index (χ1v) is 7.47. The van der Waals surface area contributed by atoms with Crippen LogP contribution in [-0.2, 0) is 0 Å². The Bertz CT molecular complexity index is 979. The van der Waals surface area contributed by atoms with E-state index in [9.17, 15) is 4.79 Å². The summed E-state index contributed by atoms with van der Waals surface area (Å²) in [5.41, 5.74) is 11.6. The van der Waals surface area contributed by atoms with Crippen molar-refractivity contribution in [3.8, 4) is 11.3 Å². The van der Waals surface area contributed by atoms with Crippen molar-refractivity contribution >= 4 is 28.6 Å². The summed E-state index contributed by atoms with van der Waals surface area (Å²) in [4.78, 5) is 20.7. The lowest BCUT2D eigenvalue weighted by Gasteiger charge is -2.09. The number of pyridine rings is 2. The lowest BCUT2D eigenvalue weighted by atomic mass is 10.0. The molecule has 7 heteroatoms. The zero-order valence-electron chi connectivity index (χ0n) is 13.2. The quantitative estimate of drug-likeness (QED) is 0.251. The molecule has 0 aliphatic carbocycles. The first-order valence-electron chi connectivity index (χ1n) is 7.47. The average molecular weight is 332 g/mol. The molecule has 3 rings (SSSR count). The predicted octanol–water partition coefficient (Wildman–Crippen LogP) is 1.85. The fraction of sp³-hybridized carbons (Fsp3) is 0. The van der Waals surface area contributed by atoms with Crippen LogP contribution in [0.4, 0.5) is 0 Å². The molecule has 0 aliphatic rings. The van der Waals surface area contributed by atoms with Gasteiger partial charge in [0.25, 0.3) is 5.91 Å². The number of carbonyl (C=O) groups is 1. The maximum Gasteiger partial charge on any atom is 0.265 e. The molecule has 2 aromatic heterocycles. The number of allylic oxidation sites excluding steroid dienone is 1. The van der Waals surface area contributed by atoms with E-state index in [-0.39, 0.29) is 0 Å². The summed E-state index contributed by atoms with van der Waals surface area (Å²) < 4.78 is 0. The largest absolute Gasteiger partial charge is 0.404 e. The van der Waals surface area contributed by atoms with Crippen molar-refractivity contribution < 1.29 is 4.79 Å². The molecule has 0 radical (unpaired) electrons. The summed E-state index contributed by atoms with van der Waals surface area (Å²) in [6.07, 6.45) is 5.78. The van der Waals surface area contributed by atoms with E-state index in [0.717, 1.165) is 11.1 Å². The van der Waals surface area contributed by atoms with Gasteiger partial charge in [-0.15, -0.1) is 0 Å². The Morgan fingerprint density at radius 2 is 1.96 bits per heavy atom. The molecule has 0 bridgehead atoms. The summed E-state index contributed by atoms with van der Waals surface area (Å²) in [6, 6.07) is 10.8. The Balaban J connectivity index is 2.12. The Morgan fingerprint density at radius 3 is 2.60 bits per heavy atom. The van der Waals surface area contributed by atoms with Gasteiger partial charge in [0.1, 0.15) is 0 Å². The van der Waals surface area contributed by atoms with Gasteiger partial charge >= 0.3 is 0 Å². The van der Waals surface area contributed by atoms with Crippen LogP contribution < -0.4 is 17.0 Å². The van der Waals surface area contributed by atoms with Gasteiger partial charge in [-0.1, -0.05) is 24.3 Å². The number of hydrogen-bond donors (Lipinski definition) is 4. The summed E-state index contributed by atoms with van der Waals surface area (Å²) >= 11 is 0. The fourth-order valence-corrected chi connectivity index (χ4v) is 2.54. The number of rotatable bonds is 4. The number of hydrazine groups is 1. The highest BCUT2D eigenvalue weighted by Gasteiger charge is 2.13. The Kier molecular flexibility index (Phi) is 4.49. The van der Waals surface area contributed by atoms with Crippen LogP contribution in [0.5, 0.6) is 0 Å². The molecule has 0 unspecified atom stereocenters. The van der Waals surface area contributed by atoms with E-state index in [2.05, 4.69) is 15.4 Å². The maximum absolute atomic E-state index is 12.1. The molecule has 1 aromatic carbocycles. The van der Waals surface area contributed by atoms with E-state index in [1.807, 2.05) is 24.3 Å². The topological polar surface area (TPSA) is 131 Å². The molecule has 1 amide bonds. The van der Waals surface area contributed by atoms with Crippen LogP contribution in [0.3, 0.4) is 0 Å². The molecule has 0 saturated carbocycles. The Morgan fingerprint density at radius 1 is 1.20 bits per heavy atom. The molecule has 0 fully saturated rings. The lowest BCUT2D eigenvalue weighted by Crippen LogP contribution is -2.30. The van der Waals surface area contributed by atoms with Gasteiger partial charge < -0.3 is 11.1 Å². The number of amides is 1. The number of aromatic nitrogens is 2. The van der Waals surface area contributed by atoms with E-state index >= 15 is 0 Å². The third kappa shape index (κ3) is 3.08. The molecular formula is C18H16N6O. The van der Waals surface area contributed by atoms with E-state index in [1.54, 1.807) is 24.5 Å². The number of nitrogen functional groups attached to an aromatic ring is 1. The molecule has 0 spiro atoms. The molecule has 0 saturated heterocycles. The highest BCUT2D eigenvalue weighted by molar-refractivity contribution is 6.08. The van der Waals surface area contributed by atoms with Crippen LogP contribution in [0.1, 0.15) is 15.9 Å². The van der Waals surface area contributed by atoms with Gasteiger partial charge in [-0.3, -0.25) is 15.2 Å². The minimum atomic E-state index is -0.407. The van der Waals surface area contributed by atoms with Crippen molar-refractivity contribution in [1.29, 1.82) is 5.41 Å². The van der Waals surface area contributed by atoms with Gasteiger partial charge in [0, 0.05) is 41.3 Å².